The lowest BCUT2D eigenvalue weighted by Gasteiger charge is -2.19. The second kappa shape index (κ2) is 8.59. The number of halogens is 2. The van der Waals surface area contributed by atoms with Gasteiger partial charge in [-0.1, -0.05) is 53.9 Å². The lowest BCUT2D eigenvalue weighted by Crippen LogP contribution is -2.28. The smallest absolute Gasteiger partial charge is 0.105 e. The first-order valence-electron chi connectivity index (χ1n) is 8.03. The molecule has 116 valence electrons. The highest BCUT2D eigenvalue weighted by Gasteiger charge is 2.14. The lowest BCUT2D eigenvalue weighted by atomic mass is 9.80. The van der Waals surface area contributed by atoms with Crippen LogP contribution in [0.15, 0.2) is 21.1 Å². The first-order valence-corrected chi connectivity index (χ1v) is 9.61. The molecular formula is C16H25BBr2N2. The Hall–Kier alpha value is 0.00494. The van der Waals surface area contributed by atoms with E-state index in [1.165, 1.54) is 50.5 Å². The van der Waals surface area contributed by atoms with E-state index in [9.17, 15) is 0 Å². The van der Waals surface area contributed by atoms with Crippen molar-refractivity contribution in [1.82, 2.24) is 5.32 Å². The molecule has 1 aliphatic rings. The number of hydrogen-bond acceptors (Lipinski definition) is 2. The zero-order chi connectivity index (χ0) is 15.2. The Balaban J connectivity index is 1.92. The van der Waals surface area contributed by atoms with E-state index in [1.807, 2.05) is 6.07 Å². The van der Waals surface area contributed by atoms with Crippen molar-refractivity contribution in [2.75, 3.05) is 5.73 Å². The van der Waals surface area contributed by atoms with Gasteiger partial charge in [-0.2, -0.15) is 0 Å². The lowest BCUT2D eigenvalue weighted by molar-refractivity contribution is 0.433. The van der Waals surface area contributed by atoms with Crippen LogP contribution in [0.4, 0.5) is 5.69 Å². The molecule has 21 heavy (non-hydrogen) atoms. The number of hydrogen-bond donors (Lipinski definition) is 2. The number of benzene rings is 1. The minimum Gasteiger partial charge on any atom is -0.398 e. The largest absolute Gasteiger partial charge is 0.398 e. The molecule has 0 saturated heterocycles. The van der Waals surface area contributed by atoms with Crippen molar-refractivity contribution in [3.63, 3.8) is 0 Å². The molecule has 5 heteroatoms. The van der Waals surface area contributed by atoms with Gasteiger partial charge in [0.05, 0.1) is 5.69 Å². The van der Waals surface area contributed by atoms with E-state index in [1.54, 1.807) is 0 Å². The van der Waals surface area contributed by atoms with Gasteiger partial charge in [-0.25, -0.2) is 0 Å². The number of anilines is 1. The van der Waals surface area contributed by atoms with Crippen LogP contribution in [0.3, 0.4) is 0 Å². The van der Waals surface area contributed by atoms with Crippen LogP contribution in [-0.4, -0.2) is 13.9 Å². The molecule has 1 saturated carbocycles. The van der Waals surface area contributed by atoms with Gasteiger partial charge in [0.25, 0.3) is 0 Å². The van der Waals surface area contributed by atoms with Crippen LogP contribution in [0.2, 0.25) is 5.82 Å². The van der Waals surface area contributed by atoms with Crippen LogP contribution >= 0.6 is 31.9 Å². The minimum absolute atomic E-state index is 0.632. The van der Waals surface area contributed by atoms with Crippen molar-refractivity contribution in [3.05, 3.63) is 26.6 Å². The second-order valence-electron chi connectivity index (χ2n) is 6.36. The first-order chi connectivity index (χ1) is 10.1. The summed E-state index contributed by atoms with van der Waals surface area (Å²) >= 11 is 7.06. The number of nitrogens with one attached hydrogen (secondary N) is 1. The Morgan fingerprint density at radius 1 is 1.10 bits per heavy atom. The van der Waals surface area contributed by atoms with Gasteiger partial charge in [-0.15, -0.1) is 0 Å². The van der Waals surface area contributed by atoms with E-state index < -0.39 is 0 Å². The molecule has 1 aliphatic carbocycles. The number of nitrogens with two attached hydrogens (primary N) is 1. The quantitative estimate of drug-likeness (QED) is 0.566. The Labute approximate surface area is 146 Å². The average molecular weight is 416 g/mol. The van der Waals surface area contributed by atoms with E-state index in [4.69, 9.17) is 5.73 Å². The third-order valence-corrected chi connectivity index (χ3v) is 5.62. The van der Waals surface area contributed by atoms with Gasteiger partial charge in [0.15, 0.2) is 0 Å². The van der Waals surface area contributed by atoms with Crippen molar-refractivity contribution in [1.29, 1.82) is 0 Å². The SMILES string of the molecule is BC1CCCCC(NCc2cc(Br)cc(Br)c2N)CCC1. The molecule has 1 aromatic carbocycles. The highest BCUT2D eigenvalue weighted by molar-refractivity contribution is 9.11. The molecule has 0 aliphatic heterocycles. The highest BCUT2D eigenvalue weighted by Crippen LogP contribution is 2.29. The van der Waals surface area contributed by atoms with E-state index >= 15 is 0 Å². The van der Waals surface area contributed by atoms with Gasteiger partial charge in [0.2, 0.25) is 0 Å². The molecule has 1 fully saturated rings. The minimum atomic E-state index is 0.632. The maximum absolute atomic E-state index is 6.16. The Morgan fingerprint density at radius 3 is 2.57 bits per heavy atom. The molecule has 0 amide bonds. The highest BCUT2D eigenvalue weighted by atomic mass is 79.9. The number of nitrogen functional groups attached to an aromatic ring is 1. The van der Waals surface area contributed by atoms with Crippen LogP contribution in [-0.2, 0) is 6.54 Å². The molecule has 0 bridgehead atoms. The predicted molar refractivity (Wildman–Crippen MR) is 101 cm³/mol. The van der Waals surface area contributed by atoms with Gasteiger partial charge in [0.1, 0.15) is 7.85 Å². The normalized spacial score (nSPS) is 24.1. The van der Waals surface area contributed by atoms with Crippen molar-refractivity contribution >= 4 is 45.4 Å². The van der Waals surface area contributed by atoms with E-state index in [0.29, 0.717) is 6.04 Å². The maximum Gasteiger partial charge on any atom is 0.105 e. The Kier molecular flexibility index (Phi) is 7.10. The van der Waals surface area contributed by atoms with Crippen molar-refractivity contribution in [2.24, 2.45) is 0 Å². The van der Waals surface area contributed by atoms with Gasteiger partial charge in [-0.3, -0.25) is 0 Å². The zero-order valence-electron chi connectivity index (χ0n) is 12.8. The van der Waals surface area contributed by atoms with Gasteiger partial charge < -0.3 is 11.1 Å². The van der Waals surface area contributed by atoms with E-state index in [-0.39, 0.29) is 0 Å². The standard InChI is InChI=1S/C16H25BBr2N2/c17-12-4-1-2-6-14(7-3-5-12)21-10-11-8-13(18)9-15(19)16(11)20/h8-9,12,14,21H,1-7,10,17,20H2. The molecular weight excluding hydrogens is 391 g/mol. The summed E-state index contributed by atoms with van der Waals surface area (Å²) in [5.74, 6) is 0.903. The average Bonchev–Trinajstić information content (AvgIpc) is 2.53. The summed E-state index contributed by atoms with van der Waals surface area (Å²) in [5, 5.41) is 3.72. The van der Waals surface area contributed by atoms with Crippen LogP contribution in [0, 0.1) is 0 Å². The molecule has 0 radical (unpaired) electrons. The first kappa shape index (κ1) is 17.4. The summed E-state index contributed by atoms with van der Waals surface area (Å²) in [6.45, 7) is 0.851. The summed E-state index contributed by atoms with van der Waals surface area (Å²) in [5.41, 5.74) is 8.18. The summed E-state index contributed by atoms with van der Waals surface area (Å²) in [6.07, 6.45) is 9.43. The molecule has 0 aromatic heterocycles. The van der Waals surface area contributed by atoms with Gasteiger partial charge in [-0.05, 0) is 46.5 Å². The van der Waals surface area contributed by atoms with Crippen LogP contribution in [0.5, 0.6) is 0 Å². The molecule has 2 nitrogen and oxygen atoms in total. The van der Waals surface area contributed by atoms with Crippen molar-refractivity contribution in [3.8, 4) is 0 Å². The molecule has 1 aromatic rings. The molecule has 3 N–H and O–H groups in total. The Bertz CT molecular complexity index is 468. The van der Waals surface area contributed by atoms with E-state index in [2.05, 4.69) is 51.1 Å². The molecule has 2 atom stereocenters. The monoisotopic (exact) mass is 414 g/mol. The molecule has 2 rings (SSSR count). The zero-order valence-corrected chi connectivity index (χ0v) is 16.0. The summed E-state index contributed by atoms with van der Waals surface area (Å²) in [4.78, 5) is 0. The van der Waals surface area contributed by atoms with Gasteiger partial charge in [0, 0.05) is 21.5 Å². The summed E-state index contributed by atoms with van der Waals surface area (Å²) < 4.78 is 2.04. The molecule has 0 heterocycles. The third-order valence-electron chi connectivity index (χ3n) is 4.51. The Morgan fingerprint density at radius 2 is 1.76 bits per heavy atom. The topological polar surface area (TPSA) is 38.0 Å². The maximum atomic E-state index is 6.16. The van der Waals surface area contributed by atoms with E-state index in [0.717, 1.165) is 27.0 Å². The summed E-state index contributed by atoms with van der Waals surface area (Å²) in [6, 6.07) is 4.75. The number of rotatable bonds is 3. The fourth-order valence-corrected chi connectivity index (χ4v) is 4.44. The van der Waals surface area contributed by atoms with Crippen LogP contribution < -0.4 is 11.1 Å². The fourth-order valence-electron chi connectivity index (χ4n) is 3.13. The predicted octanol–water partition coefficient (Wildman–Crippen LogP) is 4.42. The van der Waals surface area contributed by atoms with Crippen LogP contribution in [0.1, 0.15) is 50.5 Å². The molecule has 2 unspecified atom stereocenters. The third kappa shape index (κ3) is 5.61. The molecule has 0 spiro atoms. The van der Waals surface area contributed by atoms with Crippen LogP contribution in [0.25, 0.3) is 0 Å². The second-order valence-corrected chi connectivity index (χ2v) is 8.13. The van der Waals surface area contributed by atoms with Crippen molar-refractivity contribution < 1.29 is 0 Å². The van der Waals surface area contributed by atoms with Gasteiger partial charge >= 0.3 is 0 Å². The van der Waals surface area contributed by atoms with Crippen molar-refractivity contribution in [2.45, 2.75) is 63.3 Å². The fraction of sp³-hybridized carbons (Fsp3) is 0.625. The summed E-state index contributed by atoms with van der Waals surface area (Å²) in [7, 11) is 2.40.